The molecule has 1 rings (SSSR count). The highest BCUT2D eigenvalue weighted by Gasteiger charge is 2.34. The van der Waals surface area contributed by atoms with E-state index in [1.165, 1.54) is 4.31 Å². The van der Waals surface area contributed by atoms with E-state index in [0.717, 1.165) is 4.31 Å². The molecular formula is C7H15N3O3S. The van der Waals surface area contributed by atoms with Gasteiger partial charge in [-0.05, 0) is 0 Å². The highest BCUT2D eigenvalue weighted by molar-refractivity contribution is 7.87. The SMILES string of the molecule is CCN(CC)S(=O)(=O)N1CCNC1=O. The molecule has 0 bridgehead atoms. The van der Waals surface area contributed by atoms with Gasteiger partial charge in [0.05, 0.1) is 6.54 Å². The van der Waals surface area contributed by atoms with Crippen LogP contribution in [-0.2, 0) is 10.2 Å². The molecule has 0 aromatic rings. The van der Waals surface area contributed by atoms with Crippen molar-refractivity contribution in [1.82, 2.24) is 13.9 Å². The van der Waals surface area contributed by atoms with E-state index >= 15 is 0 Å². The fraction of sp³-hybridized carbons (Fsp3) is 0.857. The maximum absolute atomic E-state index is 11.8. The maximum Gasteiger partial charge on any atom is 0.332 e. The van der Waals surface area contributed by atoms with Gasteiger partial charge < -0.3 is 5.32 Å². The molecule has 1 fully saturated rings. The standard InChI is InChI=1S/C7H15N3O3S/c1-3-9(4-2)14(12,13)10-6-5-8-7(10)11/h3-6H2,1-2H3,(H,8,11). The number of hydrogen-bond acceptors (Lipinski definition) is 3. The number of urea groups is 1. The summed E-state index contributed by atoms with van der Waals surface area (Å²) in [5, 5.41) is 2.46. The average molecular weight is 221 g/mol. The topological polar surface area (TPSA) is 69.7 Å². The molecule has 1 saturated heterocycles. The van der Waals surface area contributed by atoms with Crippen LogP contribution in [0.1, 0.15) is 13.8 Å². The Morgan fingerprint density at radius 1 is 1.43 bits per heavy atom. The van der Waals surface area contributed by atoms with E-state index in [1.54, 1.807) is 13.8 Å². The third kappa shape index (κ3) is 1.83. The molecule has 0 radical (unpaired) electrons. The number of rotatable bonds is 4. The van der Waals surface area contributed by atoms with E-state index in [2.05, 4.69) is 5.32 Å². The van der Waals surface area contributed by atoms with Crippen LogP contribution in [0.2, 0.25) is 0 Å². The Labute approximate surface area is 84.1 Å². The Balaban J connectivity index is 2.88. The Kier molecular flexibility index (Phi) is 3.33. The molecule has 1 aliphatic heterocycles. The van der Waals surface area contributed by atoms with Crippen LogP contribution in [0.5, 0.6) is 0 Å². The molecule has 0 aromatic heterocycles. The minimum Gasteiger partial charge on any atom is -0.335 e. The molecule has 0 spiro atoms. The van der Waals surface area contributed by atoms with E-state index in [4.69, 9.17) is 0 Å². The van der Waals surface area contributed by atoms with E-state index in [1.807, 2.05) is 0 Å². The van der Waals surface area contributed by atoms with Gasteiger partial charge in [0.1, 0.15) is 0 Å². The first kappa shape index (κ1) is 11.3. The predicted molar refractivity (Wildman–Crippen MR) is 51.9 cm³/mol. The van der Waals surface area contributed by atoms with Gasteiger partial charge in [0, 0.05) is 19.6 Å². The van der Waals surface area contributed by atoms with Crippen molar-refractivity contribution < 1.29 is 13.2 Å². The zero-order valence-corrected chi connectivity index (χ0v) is 9.17. The van der Waals surface area contributed by atoms with Crippen LogP contribution in [0.25, 0.3) is 0 Å². The highest BCUT2D eigenvalue weighted by atomic mass is 32.2. The second-order valence-corrected chi connectivity index (χ2v) is 4.75. The van der Waals surface area contributed by atoms with Gasteiger partial charge in [-0.25, -0.2) is 9.10 Å². The summed E-state index contributed by atoms with van der Waals surface area (Å²) in [5.74, 6) is 0. The van der Waals surface area contributed by atoms with Crippen molar-refractivity contribution in [2.75, 3.05) is 26.2 Å². The quantitative estimate of drug-likeness (QED) is 0.702. The third-order valence-electron chi connectivity index (χ3n) is 2.13. The zero-order chi connectivity index (χ0) is 10.8. The summed E-state index contributed by atoms with van der Waals surface area (Å²) in [5.41, 5.74) is 0. The first-order valence-electron chi connectivity index (χ1n) is 4.59. The lowest BCUT2D eigenvalue weighted by atomic mass is 10.7. The summed E-state index contributed by atoms with van der Waals surface area (Å²) in [6.07, 6.45) is 0. The first-order valence-corrected chi connectivity index (χ1v) is 5.99. The predicted octanol–water partition coefficient (Wildman–Crippen LogP) is -0.402. The van der Waals surface area contributed by atoms with E-state index in [-0.39, 0.29) is 6.54 Å². The van der Waals surface area contributed by atoms with Crippen LogP contribution >= 0.6 is 0 Å². The van der Waals surface area contributed by atoms with Gasteiger partial charge >= 0.3 is 16.2 Å². The summed E-state index contributed by atoms with van der Waals surface area (Å²) in [6, 6.07) is -0.531. The lowest BCUT2D eigenvalue weighted by molar-refractivity contribution is 0.233. The molecule has 1 aliphatic rings. The van der Waals surface area contributed by atoms with Crippen molar-refractivity contribution in [3.63, 3.8) is 0 Å². The minimum atomic E-state index is -3.60. The van der Waals surface area contributed by atoms with Gasteiger partial charge in [0.25, 0.3) is 0 Å². The molecule has 1 heterocycles. The molecule has 0 atom stereocenters. The molecule has 7 heteroatoms. The van der Waals surface area contributed by atoms with Crippen LogP contribution in [0, 0.1) is 0 Å². The molecule has 14 heavy (non-hydrogen) atoms. The third-order valence-corrected chi connectivity index (χ3v) is 4.20. The second kappa shape index (κ2) is 4.14. The smallest absolute Gasteiger partial charge is 0.332 e. The van der Waals surface area contributed by atoms with Crippen LogP contribution in [0.3, 0.4) is 0 Å². The lowest BCUT2D eigenvalue weighted by Crippen LogP contribution is -2.45. The van der Waals surface area contributed by atoms with Crippen LogP contribution in [0.4, 0.5) is 4.79 Å². The molecule has 0 aliphatic carbocycles. The normalized spacial score (nSPS) is 17.6. The van der Waals surface area contributed by atoms with Gasteiger partial charge in [-0.1, -0.05) is 13.8 Å². The molecule has 82 valence electrons. The van der Waals surface area contributed by atoms with Crippen molar-refractivity contribution in [1.29, 1.82) is 0 Å². The summed E-state index contributed by atoms with van der Waals surface area (Å²) in [4.78, 5) is 11.2. The fourth-order valence-electron chi connectivity index (χ4n) is 1.36. The summed E-state index contributed by atoms with van der Waals surface area (Å²) < 4.78 is 25.7. The molecule has 0 saturated carbocycles. The van der Waals surface area contributed by atoms with Crippen molar-refractivity contribution >= 4 is 16.2 Å². The van der Waals surface area contributed by atoms with Crippen LogP contribution in [-0.4, -0.2) is 49.2 Å². The number of hydrogen-bond donors (Lipinski definition) is 1. The minimum absolute atomic E-state index is 0.220. The highest BCUT2D eigenvalue weighted by Crippen LogP contribution is 2.10. The zero-order valence-electron chi connectivity index (χ0n) is 8.36. The molecular weight excluding hydrogens is 206 g/mol. The van der Waals surface area contributed by atoms with E-state index < -0.39 is 16.2 Å². The second-order valence-electron chi connectivity index (χ2n) is 2.90. The molecule has 1 N–H and O–H groups in total. The summed E-state index contributed by atoms with van der Waals surface area (Å²) >= 11 is 0. The van der Waals surface area contributed by atoms with Gasteiger partial charge in [-0.15, -0.1) is 0 Å². The number of carbonyl (C=O) groups is 1. The Morgan fingerprint density at radius 2 is 2.00 bits per heavy atom. The number of carbonyl (C=O) groups excluding carboxylic acids is 1. The number of nitrogens with zero attached hydrogens (tertiary/aromatic N) is 2. The maximum atomic E-state index is 11.8. The lowest BCUT2D eigenvalue weighted by Gasteiger charge is -2.23. The molecule has 6 nitrogen and oxygen atoms in total. The van der Waals surface area contributed by atoms with Gasteiger partial charge in [-0.3, -0.25) is 0 Å². The Morgan fingerprint density at radius 3 is 2.36 bits per heavy atom. The summed E-state index contributed by atoms with van der Waals surface area (Å²) in [6.45, 7) is 4.85. The first-order chi connectivity index (χ1) is 6.54. The van der Waals surface area contributed by atoms with Crippen LogP contribution < -0.4 is 5.32 Å². The molecule has 2 amide bonds. The van der Waals surface area contributed by atoms with E-state index in [0.29, 0.717) is 19.6 Å². The van der Waals surface area contributed by atoms with Crippen molar-refractivity contribution in [2.45, 2.75) is 13.8 Å². The van der Waals surface area contributed by atoms with Crippen molar-refractivity contribution in [2.24, 2.45) is 0 Å². The number of nitrogens with one attached hydrogen (secondary N) is 1. The van der Waals surface area contributed by atoms with Gasteiger partial charge in [0.2, 0.25) is 0 Å². The summed E-state index contributed by atoms with van der Waals surface area (Å²) in [7, 11) is -3.60. The fourth-order valence-corrected chi connectivity index (χ4v) is 2.89. The van der Waals surface area contributed by atoms with Crippen molar-refractivity contribution in [3.8, 4) is 0 Å². The largest absolute Gasteiger partial charge is 0.335 e. The van der Waals surface area contributed by atoms with E-state index in [9.17, 15) is 13.2 Å². The Hall–Kier alpha value is -0.820. The molecule has 0 aromatic carbocycles. The van der Waals surface area contributed by atoms with Gasteiger partial charge in [0.15, 0.2) is 0 Å². The monoisotopic (exact) mass is 221 g/mol. The molecule has 0 unspecified atom stereocenters. The van der Waals surface area contributed by atoms with Crippen molar-refractivity contribution in [3.05, 3.63) is 0 Å². The number of amides is 2. The average Bonchev–Trinajstić information content (AvgIpc) is 2.53. The van der Waals surface area contributed by atoms with Gasteiger partial charge in [-0.2, -0.15) is 12.7 Å². The van der Waals surface area contributed by atoms with Crippen LogP contribution in [0.15, 0.2) is 0 Å². The Bertz CT molecular complexity index is 310.